The third kappa shape index (κ3) is 4.84. The summed E-state index contributed by atoms with van der Waals surface area (Å²) >= 11 is 0. The van der Waals surface area contributed by atoms with Crippen molar-refractivity contribution in [3.63, 3.8) is 0 Å². The number of anilines is 1. The molecule has 0 saturated carbocycles. The molecule has 0 unspecified atom stereocenters. The minimum atomic E-state index is -0.168. The molecule has 2 heterocycles. The number of benzene rings is 4. The fourth-order valence-corrected chi connectivity index (χ4v) is 4.66. The average Bonchev–Trinajstić information content (AvgIpc) is 3.35. The lowest BCUT2D eigenvalue weighted by atomic mass is 10.1. The number of amides is 1. The summed E-state index contributed by atoms with van der Waals surface area (Å²) in [6.45, 7) is 4.86. The van der Waals surface area contributed by atoms with Crippen LogP contribution in [-0.4, -0.2) is 42.0 Å². The van der Waals surface area contributed by atoms with Gasteiger partial charge in [-0.25, -0.2) is 4.98 Å². The second-order valence-corrected chi connectivity index (χ2v) is 8.87. The molecule has 0 aliphatic carbocycles. The molecule has 1 aliphatic heterocycles. The lowest BCUT2D eigenvalue weighted by Gasteiger charge is -2.27. The molecule has 0 bridgehead atoms. The zero-order valence-corrected chi connectivity index (χ0v) is 20.6. The molecule has 36 heavy (non-hydrogen) atoms. The normalized spacial score (nSPS) is 14.0. The van der Waals surface area contributed by atoms with Crippen molar-refractivity contribution in [2.24, 2.45) is 0 Å². The van der Waals surface area contributed by atoms with Gasteiger partial charge in [-0.2, -0.15) is 0 Å². The lowest BCUT2D eigenvalue weighted by Crippen LogP contribution is -2.42. The van der Waals surface area contributed by atoms with E-state index in [0.717, 1.165) is 65.7 Å². The van der Waals surface area contributed by atoms with Crippen molar-refractivity contribution >= 4 is 45.9 Å². The summed E-state index contributed by atoms with van der Waals surface area (Å²) in [5, 5.41) is 8.59. The van der Waals surface area contributed by atoms with E-state index < -0.39 is 0 Å². The maximum atomic E-state index is 13.1. The quantitative estimate of drug-likeness (QED) is 0.324. The van der Waals surface area contributed by atoms with E-state index in [4.69, 9.17) is 9.40 Å². The second-order valence-electron chi connectivity index (χ2n) is 8.87. The Morgan fingerprint density at radius 2 is 1.69 bits per heavy atom. The van der Waals surface area contributed by atoms with Gasteiger partial charge < -0.3 is 15.1 Å². The molecule has 6 rings (SSSR count). The number of carbonyl (C=O) groups excluding carboxylic acids is 1. The lowest BCUT2D eigenvalue weighted by molar-refractivity contribution is 0.102. The number of fused-ring (bicyclic) bond motifs is 2. The van der Waals surface area contributed by atoms with Gasteiger partial charge in [0.05, 0.1) is 11.3 Å². The molecule has 1 fully saturated rings. The van der Waals surface area contributed by atoms with Gasteiger partial charge in [0.2, 0.25) is 5.89 Å². The fraction of sp³-hybridized carbons (Fsp3) is 0.172. The Morgan fingerprint density at radius 1 is 0.917 bits per heavy atom. The number of carbonyl (C=O) groups is 1. The van der Waals surface area contributed by atoms with Gasteiger partial charge in [-0.3, -0.25) is 9.69 Å². The molecule has 0 atom stereocenters. The Morgan fingerprint density at radius 3 is 2.56 bits per heavy atom. The Balaban J connectivity index is 0.00000267. The third-order valence-corrected chi connectivity index (χ3v) is 6.52. The highest BCUT2D eigenvalue weighted by Gasteiger charge is 2.18. The van der Waals surface area contributed by atoms with Gasteiger partial charge in [0, 0.05) is 43.9 Å². The molecule has 1 saturated heterocycles. The predicted molar refractivity (Wildman–Crippen MR) is 147 cm³/mol. The predicted octanol–water partition coefficient (Wildman–Crippen LogP) is 5.73. The first kappa shape index (κ1) is 24.0. The topological polar surface area (TPSA) is 70.4 Å². The van der Waals surface area contributed by atoms with E-state index in [0.29, 0.717) is 17.1 Å². The third-order valence-electron chi connectivity index (χ3n) is 6.52. The Bertz CT molecular complexity index is 1520. The molecule has 1 aromatic heterocycles. The highest BCUT2D eigenvalue weighted by Crippen LogP contribution is 2.32. The molecule has 6 nitrogen and oxygen atoms in total. The first-order valence-electron chi connectivity index (χ1n) is 12.0. The summed E-state index contributed by atoms with van der Waals surface area (Å²) in [6, 6.07) is 27.5. The molecule has 4 aromatic carbocycles. The smallest absolute Gasteiger partial charge is 0.255 e. The van der Waals surface area contributed by atoms with Crippen molar-refractivity contribution in [3.8, 4) is 11.5 Å². The standard InChI is InChI=1S/C29H26N4O2.ClH/c34-28(22-13-12-20-6-1-2-7-21(20)18-22)31-25-10-4-3-9-24(25)29-32-26-11-5-8-23(27(26)35-29)19-33-16-14-30-15-17-33;/h1-13,18,30H,14-17,19H2,(H,31,34);1H. The van der Waals surface area contributed by atoms with Crippen LogP contribution in [0.3, 0.4) is 0 Å². The average molecular weight is 499 g/mol. The Kier molecular flexibility index (Phi) is 7.00. The van der Waals surface area contributed by atoms with E-state index in [2.05, 4.69) is 21.6 Å². The molecule has 7 heteroatoms. The van der Waals surface area contributed by atoms with Gasteiger partial charge in [-0.05, 0) is 41.1 Å². The van der Waals surface area contributed by atoms with Crippen LogP contribution < -0.4 is 10.6 Å². The molecular formula is C29H27ClN4O2. The number of nitrogens with zero attached hydrogens (tertiary/aromatic N) is 2. The van der Waals surface area contributed by atoms with E-state index in [1.165, 1.54) is 0 Å². The van der Waals surface area contributed by atoms with Gasteiger partial charge in [0.1, 0.15) is 5.52 Å². The Labute approximate surface area is 215 Å². The number of para-hydroxylation sites is 2. The number of nitrogens with one attached hydrogen (secondary N) is 2. The van der Waals surface area contributed by atoms with Crippen LogP contribution >= 0.6 is 12.4 Å². The molecule has 182 valence electrons. The van der Waals surface area contributed by atoms with E-state index in [1.807, 2.05) is 78.9 Å². The summed E-state index contributed by atoms with van der Waals surface area (Å²) in [4.78, 5) is 20.3. The summed E-state index contributed by atoms with van der Waals surface area (Å²) in [7, 11) is 0. The van der Waals surface area contributed by atoms with Crippen molar-refractivity contribution in [2.45, 2.75) is 6.54 Å². The number of piperazine rings is 1. The van der Waals surface area contributed by atoms with Crippen molar-refractivity contribution in [1.82, 2.24) is 15.2 Å². The molecule has 0 spiro atoms. The number of halogens is 1. The van der Waals surface area contributed by atoms with Gasteiger partial charge in [0.25, 0.3) is 5.91 Å². The highest BCUT2D eigenvalue weighted by molar-refractivity contribution is 6.08. The van der Waals surface area contributed by atoms with E-state index in [1.54, 1.807) is 0 Å². The Hall–Kier alpha value is -3.71. The van der Waals surface area contributed by atoms with Crippen LogP contribution in [0.2, 0.25) is 0 Å². The van der Waals surface area contributed by atoms with E-state index in [-0.39, 0.29) is 18.3 Å². The summed E-state index contributed by atoms with van der Waals surface area (Å²) in [5.74, 6) is 0.334. The minimum absolute atomic E-state index is 0. The summed E-state index contributed by atoms with van der Waals surface area (Å²) in [5.41, 5.74) is 4.78. The number of aromatic nitrogens is 1. The first-order valence-corrected chi connectivity index (χ1v) is 12.0. The molecule has 5 aromatic rings. The van der Waals surface area contributed by atoms with Gasteiger partial charge in [-0.1, -0.05) is 54.6 Å². The minimum Gasteiger partial charge on any atom is -0.436 e. The first-order chi connectivity index (χ1) is 17.2. The van der Waals surface area contributed by atoms with E-state index >= 15 is 0 Å². The fourth-order valence-electron chi connectivity index (χ4n) is 4.66. The monoisotopic (exact) mass is 498 g/mol. The largest absolute Gasteiger partial charge is 0.436 e. The SMILES string of the molecule is Cl.O=C(Nc1ccccc1-c1nc2cccc(CN3CCNCC3)c2o1)c1ccc2ccccc2c1. The summed E-state index contributed by atoms with van der Waals surface area (Å²) in [6.07, 6.45) is 0. The number of oxazole rings is 1. The van der Waals surface area contributed by atoms with Crippen molar-refractivity contribution in [2.75, 3.05) is 31.5 Å². The highest BCUT2D eigenvalue weighted by atomic mass is 35.5. The number of hydrogen-bond acceptors (Lipinski definition) is 5. The maximum Gasteiger partial charge on any atom is 0.255 e. The molecular weight excluding hydrogens is 472 g/mol. The number of rotatable bonds is 5. The van der Waals surface area contributed by atoms with E-state index in [9.17, 15) is 4.79 Å². The molecule has 1 aliphatic rings. The molecule has 1 amide bonds. The molecule has 2 N–H and O–H groups in total. The molecule has 0 radical (unpaired) electrons. The zero-order valence-electron chi connectivity index (χ0n) is 19.7. The van der Waals surface area contributed by atoms with Crippen molar-refractivity contribution < 1.29 is 9.21 Å². The van der Waals surface area contributed by atoms with Crippen molar-refractivity contribution in [1.29, 1.82) is 0 Å². The van der Waals surface area contributed by atoms with Crippen molar-refractivity contribution in [3.05, 3.63) is 96.1 Å². The van der Waals surface area contributed by atoms with Crippen LogP contribution in [0.5, 0.6) is 0 Å². The van der Waals surface area contributed by atoms with Crippen LogP contribution in [0.4, 0.5) is 5.69 Å². The van der Waals surface area contributed by atoms with Gasteiger partial charge >= 0.3 is 0 Å². The number of hydrogen-bond donors (Lipinski definition) is 2. The van der Waals surface area contributed by atoms with Gasteiger partial charge in [0.15, 0.2) is 5.58 Å². The van der Waals surface area contributed by atoms with Crippen LogP contribution in [0.1, 0.15) is 15.9 Å². The second kappa shape index (κ2) is 10.5. The maximum absolute atomic E-state index is 13.1. The van der Waals surface area contributed by atoms with Crippen LogP contribution in [0.15, 0.2) is 89.3 Å². The van der Waals surface area contributed by atoms with Crippen LogP contribution in [0.25, 0.3) is 33.3 Å². The van der Waals surface area contributed by atoms with Crippen LogP contribution in [0, 0.1) is 0 Å². The van der Waals surface area contributed by atoms with Crippen LogP contribution in [-0.2, 0) is 6.54 Å². The summed E-state index contributed by atoms with van der Waals surface area (Å²) < 4.78 is 6.31. The van der Waals surface area contributed by atoms with Gasteiger partial charge in [-0.15, -0.1) is 12.4 Å². The zero-order chi connectivity index (χ0) is 23.6.